The topological polar surface area (TPSA) is 122 Å². The molecule has 0 radical (unpaired) electrons. The van der Waals surface area contributed by atoms with Crippen molar-refractivity contribution in [2.75, 3.05) is 17.3 Å². The highest BCUT2D eigenvalue weighted by Crippen LogP contribution is 2.28. The van der Waals surface area contributed by atoms with Crippen molar-refractivity contribution in [3.63, 3.8) is 0 Å². The lowest BCUT2D eigenvalue weighted by atomic mass is 10.0. The van der Waals surface area contributed by atoms with E-state index in [0.29, 0.717) is 17.1 Å². The van der Waals surface area contributed by atoms with Gasteiger partial charge < -0.3 is 5.32 Å². The number of hydrogen-bond acceptors (Lipinski definition) is 7. The van der Waals surface area contributed by atoms with Gasteiger partial charge in [0.05, 0.1) is 4.92 Å². The Morgan fingerprint density at radius 3 is 1.89 bits per heavy atom. The molecule has 1 heterocycles. The number of rotatable bonds is 20. The molecule has 1 aromatic heterocycles. The average molecular weight is 533 g/mol. The van der Waals surface area contributed by atoms with Crippen LogP contribution in [0.25, 0.3) is 0 Å². The van der Waals surface area contributed by atoms with Crippen LogP contribution in [0.15, 0.2) is 30.6 Å². The van der Waals surface area contributed by atoms with Gasteiger partial charge in [-0.3, -0.25) is 25.8 Å². The van der Waals surface area contributed by atoms with Gasteiger partial charge in [0.15, 0.2) is 0 Å². The van der Waals surface area contributed by atoms with Crippen molar-refractivity contribution in [1.29, 1.82) is 0 Å². The Labute approximate surface area is 225 Å². The van der Waals surface area contributed by atoms with Gasteiger partial charge in [-0.05, 0) is 30.7 Å². The second-order valence-electron chi connectivity index (χ2n) is 9.29. The maximum Gasteiger partial charge on any atom is 0.354 e. The van der Waals surface area contributed by atoms with Crippen molar-refractivity contribution >= 4 is 34.8 Å². The molecule has 1 amide bonds. The molecule has 0 atom stereocenters. The van der Waals surface area contributed by atoms with Crippen LogP contribution in [0, 0.1) is 10.1 Å². The molecule has 0 spiro atoms. The smallest absolute Gasteiger partial charge is 0.354 e. The second kappa shape index (κ2) is 18.3. The van der Waals surface area contributed by atoms with Crippen molar-refractivity contribution in [3.8, 4) is 0 Å². The van der Waals surface area contributed by atoms with Crippen molar-refractivity contribution in [2.45, 2.75) is 96.8 Å². The van der Waals surface area contributed by atoms with Crippen LogP contribution >= 0.6 is 11.6 Å². The number of nitro groups is 1. The van der Waals surface area contributed by atoms with Crippen LogP contribution in [0.5, 0.6) is 0 Å². The highest BCUT2D eigenvalue weighted by Gasteiger charge is 2.23. The summed E-state index contributed by atoms with van der Waals surface area (Å²) in [5.74, 6) is -0.440. The standard InChI is InChI=1S/C27H41ClN6O3/c1-2-3-4-5-6-7-8-9-10-11-12-13-14-15-20-29-25-24(34(36)37)26(31-21-30-25)32-33-27(35)22-16-18-23(28)19-17-22/h16-19,21H,2-15,20H2,1H3,(H,33,35)(H2,29,30,31,32). The molecular formula is C27H41ClN6O3. The summed E-state index contributed by atoms with van der Waals surface area (Å²) in [7, 11) is 0. The molecule has 0 saturated heterocycles. The molecule has 0 bridgehead atoms. The lowest BCUT2D eigenvalue weighted by Gasteiger charge is -2.11. The highest BCUT2D eigenvalue weighted by molar-refractivity contribution is 6.30. The number of unbranched alkanes of at least 4 members (excludes halogenated alkanes) is 13. The van der Waals surface area contributed by atoms with Gasteiger partial charge in [-0.15, -0.1) is 0 Å². The number of amides is 1. The predicted octanol–water partition coefficient (Wildman–Crippen LogP) is 7.69. The first-order valence-electron chi connectivity index (χ1n) is 13.6. The quantitative estimate of drug-likeness (QED) is 0.0907. The van der Waals surface area contributed by atoms with Crippen molar-refractivity contribution in [3.05, 3.63) is 51.3 Å². The van der Waals surface area contributed by atoms with Crippen LogP contribution < -0.4 is 16.2 Å². The number of benzene rings is 1. The number of nitrogens with one attached hydrogen (secondary N) is 3. The van der Waals surface area contributed by atoms with E-state index in [4.69, 9.17) is 11.6 Å². The third kappa shape index (κ3) is 12.2. The number of carbonyl (C=O) groups is 1. The minimum Gasteiger partial charge on any atom is -0.364 e. The van der Waals surface area contributed by atoms with E-state index in [9.17, 15) is 14.9 Å². The Morgan fingerprint density at radius 1 is 0.838 bits per heavy atom. The molecule has 0 saturated carbocycles. The summed E-state index contributed by atoms with van der Waals surface area (Å²) in [5, 5.41) is 15.2. The monoisotopic (exact) mass is 532 g/mol. The number of anilines is 2. The number of aromatic nitrogens is 2. The molecule has 37 heavy (non-hydrogen) atoms. The average Bonchev–Trinajstić information content (AvgIpc) is 2.89. The molecule has 9 nitrogen and oxygen atoms in total. The van der Waals surface area contributed by atoms with E-state index in [1.807, 2.05) is 0 Å². The Hall–Kier alpha value is -2.94. The predicted molar refractivity (Wildman–Crippen MR) is 150 cm³/mol. The first-order chi connectivity index (χ1) is 18.0. The minimum absolute atomic E-state index is 0.0919. The van der Waals surface area contributed by atoms with Crippen LogP contribution in [0.1, 0.15) is 107 Å². The Bertz CT molecular complexity index is 942. The first-order valence-corrected chi connectivity index (χ1v) is 14.0. The molecular weight excluding hydrogens is 492 g/mol. The molecule has 0 fully saturated rings. The van der Waals surface area contributed by atoms with Gasteiger partial charge in [0.25, 0.3) is 5.91 Å². The summed E-state index contributed by atoms with van der Waals surface area (Å²) < 4.78 is 0. The fraction of sp³-hybridized carbons (Fsp3) is 0.593. The zero-order valence-corrected chi connectivity index (χ0v) is 22.7. The Balaban J connectivity index is 1.63. The van der Waals surface area contributed by atoms with E-state index < -0.39 is 10.8 Å². The highest BCUT2D eigenvalue weighted by atomic mass is 35.5. The molecule has 2 aromatic rings. The summed E-state index contributed by atoms with van der Waals surface area (Å²) in [6.45, 7) is 2.83. The number of halogens is 1. The SMILES string of the molecule is CCCCCCCCCCCCCCCCNc1ncnc(NNC(=O)c2ccc(Cl)cc2)c1[N+](=O)[O-]. The van der Waals surface area contributed by atoms with Gasteiger partial charge >= 0.3 is 5.69 Å². The second-order valence-corrected chi connectivity index (χ2v) is 9.72. The van der Waals surface area contributed by atoms with E-state index >= 15 is 0 Å². The molecule has 0 aliphatic carbocycles. The fourth-order valence-corrected chi connectivity index (χ4v) is 4.21. The fourth-order valence-electron chi connectivity index (χ4n) is 4.09. The number of carbonyl (C=O) groups excluding carboxylic acids is 1. The molecule has 10 heteroatoms. The van der Waals surface area contributed by atoms with E-state index in [1.54, 1.807) is 24.3 Å². The summed E-state index contributed by atoms with van der Waals surface area (Å²) in [6, 6.07) is 6.28. The van der Waals surface area contributed by atoms with Crippen molar-refractivity contribution in [2.24, 2.45) is 0 Å². The molecule has 3 N–H and O–H groups in total. The molecule has 204 valence electrons. The normalized spacial score (nSPS) is 10.8. The molecule has 0 aliphatic rings. The zero-order valence-electron chi connectivity index (χ0n) is 21.9. The van der Waals surface area contributed by atoms with Crippen LogP contribution in [-0.4, -0.2) is 27.3 Å². The Kier molecular flexibility index (Phi) is 15.0. The summed E-state index contributed by atoms with van der Waals surface area (Å²) in [5.41, 5.74) is 5.00. The van der Waals surface area contributed by atoms with Crippen LogP contribution in [0.2, 0.25) is 5.02 Å². The van der Waals surface area contributed by atoms with Gasteiger partial charge in [-0.2, -0.15) is 0 Å². The van der Waals surface area contributed by atoms with E-state index in [2.05, 4.69) is 33.1 Å². The lowest BCUT2D eigenvalue weighted by molar-refractivity contribution is -0.383. The van der Waals surface area contributed by atoms with E-state index in [1.165, 1.54) is 77.0 Å². The summed E-state index contributed by atoms with van der Waals surface area (Å²) in [4.78, 5) is 31.3. The van der Waals surface area contributed by atoms with E-state index in [0.717, 1.165) is 19.3 Å². The molecule has 2 rings (SSSR count). The van der Waals surface area contributed by atoms with Gasteiger partial charge in [0.2, 0.25) is 11.6 Å². The number of nitrogens with zero attached hydrogens (tertiary/aromatic N) is 3. The first kappa shape index (κ1) is 30.3. The van der Waals surface area contributed by atoms with Crippen LogP contribution in [0.4, 0.5) is 17.3 Å². The van der Waals surface area contributed by atoms with Crippen molar-refractivity contribution < 1.29 is 9.72 Å². The van der Waals surface area contributed by atoms with Crippen molar-refractivity contribution in [1.82, 2.24) is 15.4 Å². The minimum atomic E-state index is -0.565. The summed E-state index contributed by atoms with van der Waals surface area (Å²) >= 11 is 5.84. The van der Waals surface area contributed by atoms with E-state index in [-0.39, 0.29) is 17.3 Å². The third-order valence-electron chi connectivity index (χ3n) is 6.23. The number of hydrazine groups is 1. The largest absolute Gasteiger partial charge is 0.364 e. The lowest BCUT2D eigenvalue weighted by Crippen LogP contribution is -2.30. The van der Waals surface area contributed by atoms with Gasteiger partial charge in [0.1, 0.15) is 6.33 Å². The Morgan fingerprint density at radius 2 is 1.35 bits per heavy atom. The number of hydrogen-bond donors (Lipinski definition) is 3. The molecule has 1 aromatic carbocycles. The van der Waals surface area contributed by atoms with Crippen LogP contribution in [-0.2, 0) is 0 Å². The maximum absolute atomic E-state index is 12.3. The van der Waals surface area contributed by atoms with Gasteiger partial charge in [-0.25, -0.2) is 9.97 Å². The zero-order chi connectivity index (χ0) is 26.7. The van der Waals surface area contributed by atoms with Crippen LogP contribution in [0.3, 0.4) is 0 Å². The maximum atomic E-state index is 12.3. The van der Waals surface area contributed by atoms with Gasteiger partial charge in [-0.1, -0.05) is 102 Å². The summed E-state index contributed by atoms with van der Waals surface area (Å²) in [6.07, 6.45) is 19.1. The molecule has 0 aliphatic heterocycles. The third-order valence-corrected chi connectivity index (χ3v) is 6.48. The molecule has 0 unspecified atom stereocenters. The van der Waals surface area contributed by atoms with Gasteiger partial charge in [0, 0.05) is 17.1 Å².